The lowest BCUT2D eigenvalue weighted by atomic mass is 10.1. The summed E-state index contributed by atoms with van der Waals surface area (Å²) < 4.78 is 0. The summed E-state index contributed by atoms with van der Waals surface area (Å²) in [6.45, 7) is 7.31. The van der Waals surface area contributed by atoms with Gasteiger partial charge in [0.2, 0.25) is 0 Å². The van der Waals surface area contributed by atoms with E-state index in [9.17, 15) is 4.79 Å². The second-order valence-corrected chi connectivity index (χ2v) is 2.26. The number of rotatable bonds is 4. The molecule has 0 aliphatic carbocycles. The Bertz CT molecular complexity index is 114. The van der Waals surface area contributed by atoms with Crippen LogP contribution >= 0.6 is 0 Å². The summed E-state index contributed by atoms with van der Waals surface area (Å²) in [7, 11) is 0. The molecule has 0 N–H and O–H groups in total. The lowest BCUT2D eigenvalue weighted by molar-refractivity contribution is -0.113. The molecule has 0 radical (unpaired) electrons. The smallest absolute Gasteiger partial charge is 0.155 e. The average Bonchev–Trinajstić information content (AvgIpc) is 1.82. The van der Waals surface area contributed by atoms with Crippen LogP contribution in [0.1, 0.15) is 33.1 Å². The minimum Gasteiger partial charge on any atom is -0.295 e. The first-order valence-electron chi connectivity index (χ1n) is 3.37. The Balaban J connectivity index is 3.39. The van der Waals surface area contributed by atoms with Crippen LogP contribution in [0.2, 0.25) is 0 Å². The molecular weight excluding hydrogens is 112 g/mol. The second kappa shape index (κ2) is 4.30. The third-order valence-electron chi connectivity index (χ3n) is 1.33. The van der Waals surface area contributed by atoms with Crippen molar-refractivity contribution in [1.82, 2.24) is 0 Å². The summed E-state index contributed by atoms with van der Waals surface area (Å²) >= 11 is 0. The summed E-state index contributed by atoms with van der Waals surface area (Å²) in [6.07, 6.45) is 3.08. The van der Waals surface area contributed by atoms with Gasteiger partial charge < -0.3 is 0 Å². The Hall–Kier alpha value is -0.590. The zero-order valence-corrected chi connectivity index (χ0v) is 6.24. The van der Waals surface area contributed by atoms with E-state index in [4.69, 9.17) is 0 Å². The molecule has 1 nitrogen and oxygen atoms in total. The van der Waals surface area contributed by atoms with Gasteiger partial charge in [-0.2, -0.15) is 0 Å². The number of carbonyl (C=O) groups is 1. The molecule has 0 aliphatic heterocycles. The van der Waals surface area contributed by atoms with Crippen molar-refractivity contribution in [2.75, 3.05) is 0 Å². The number of hydrogen-bond acceptors (Lipinski definition) is 1. The van der Waals surface area contributed by atoms with Gasteiger partial charge >= 0.3 is 0 Å². The highest BCUT2D eigenvalue weighted by Crippen LogP contribution is 2.04. The highest BCUT2D eigenvalue weighted by atomic mass is 16.1. The van der Waals surface area contributed by atoms with Gasteiger partial charge in [0.05, 0.1) is 0 Å². The number of Topliss-reactive ketones (excluding diaryl/α,β-unsaturated/α-hetero) is 1. The summed E-state index contributed by atoms with van der Waals surface area (Å²) in [6, 6.07) is 0. The molecule has 0 heterocycles. The van der Waals surface area contributed by atoms with Gasteiger partial charge in [-0.25, -0.2) is 0 Å². The largest absolute Gasteiger partial charge is 0.295 e. The molecular formula is C8H14O. The Morgan fingerprint density at radius 3 is 2.44 bits per heavy atom. The molecule has 0 bridgehead atoms. The summed E-state index contributed by atoms with van der Waals surface area (Å²) in [4.78, 5) is 10.6. The number of ketones is 1. The van der Waals surface area contributed by atoms with Crippen molar-refractivity contribution >= 4 is 5.78 Å². The van der Waals surface area contributed by atoms with Gasteiger partial charge in [-0.1, -0.05) is 19.9 Å². The maximum Gasteiger partial charge on any atom is 0.155 e. The lowest BCUT2D eigenvalue weighted by Crippen LogP contribution is -1.93. The molecule has 0 fully saturated rings. The predicted octanol–water partition coefficient (Wildman–Crippen LogP) is 2.32. The average molecular weight is 126 g/mol. The van der Waals surface area contributed by atoms with Crippen LogP contribution in [0.5, 0.6) is 0 Å². The topological polar surface area (TPSA) is 17.1 Å². The second-order valence-electron chi connectivity index (χ2n) is 2.26. The van der Waals surface area contributed by atoms with Gasteiger partial charge in [0.1, 0.15) is 0 Å². The van der Waals surface area contributed by atoms with E-state index in [2.05, 4.69) is 13.5 Å². The summed E-state index contributed by atoms with van der Waals surface area (Å²) in [5.74, 6) is 0.128. The van der Waals surface area contributed by atoms with Gasteiger partial charge in [0.15, 0.2) is 5.78 Å². The van der Waals surface area contributed by atoms with Crippen LogP contribution in [0.3, 0.4) is 0 Å². The quantitative estimate of drug-likeness (QED) is 0.528. The molecule has 0 saturated carbocycles. The van der Waals surface area contributed by atoms with Crippen LogP contribution in [0, 0.1) is 0 Å². The Morgan fingerprint density at radius 2 is 2.11 bits per heavy atom. The minimum atomic E-state index is 0.128. The molecule has 0 aromatic heterocycles. The molecule has 0 unspecified atom stereocenters. The van der Waals surface area contributed by atoms with Gasteiger partial charge in [-0.3, -0.25) is 4.79 Å². The van der Waals surface area contributed by atoms with E-state index in [1.165, 1.54) is 0 Å². The van der Waals surface area contributed by atoms with Gasteiger partial charge in [0.25, 0.3) is 0 Å². The van der Waals surface area contributed by atoms with E-state index in [0.29, 0.717) is 0 Å². The first-order chi connectivity index (χ1) is 4.18. The van der Waals surface area contributed by atoms with Crippen LogP contribution in [-0.4, -0.2) is 5.78 Å². The number of allylic oxidation sites excluding steroid dienone is 1. The predicted molar refractivity (Wildman–Crippen MR) is 39.3 cm³/mol. The Kier molecular flexibility index (Phi) is 4.02. The molecule has 0 aromatic rings. The van der Waals surface area contributed by atoms with Crippen molar-refractivity contribution in [2.24, 2.45) is 0 Å². The van der Waals surface area contributed by atoms with Crippen LogP contribution in [0.25, 0.3) is 0 Å². The summed E-state index contributed by atoms with van der Waals surface area (Å²) in [5.41, 5.74) is 0.761. The lowest BCUT2D eigenvalue weighted by Gasteiger charge is -1.96. The first-order valence-corrected chi connectivity index (χ1v) is 3.37. The molecule has 0 spiro atoms. The van der Waals surface area contributed by atoms with E-state index in [1.54, 1.807) is 6.92 Å². The van der Waals surface area contributed by atoms with Gasteiger partial charge in [-0.15, -0.1) is 0 Å². The molecule has 0 saturated heterocycles. The molecule has 0 atom stereocenters. The SMILES string of the molecule is C=C(CCCC)C(C)=O. The molecule has 9 heavy (non-hydrogen) atoms. The van der Waals surface area contributed by atoms with Crippen LogP contribution in [-0.2, 0) is 4.79 Å². The van der Waals surface area contributed by atoms with Crippen molar-refractivity contribution in [3.8, 4) is 0 Å². The van der Waals surface area contributed by atoms with E-state index in [1.807, 2.05) is 0 Å². The van der Waals surface area contributed by atoms with Crippen LogP contribution in [0.15, 0.2) is 12.2 Å². The van der Waals surface area contributed by atoms with Crippen molar-refractivity contribution < 1.29 is 4.79 Å². The standard InChI is InChI=1S/C8H14O/c1-4-5-6-7(2)8(3)9/h2,4-6H2,1,3H3. The minimum absolute atomic E-state index is 0.128. The molecule has 0 amide bonds. The van der Waals surface area contributed by atoms with E-state index in [-0.39, 0.29) is 5.78 Å². The van der Waals surface area contributed by atoms with Gasteiger partial charge in [-0.05, 0) is 25.3 Å². The maximum atomic E-state index is 10.6. The van der Waals surface area contributed by atoms with E-state index < -0.39 is 0 Å². The number of unbranched alkanes of at least 4 members (excludes halogenated alkanes) is 1. The van der Waals surface area contributed by atoms with Crippen molar-refractivity contribution in [1.29, 1.82) is 0 Å². The van der Waals surface area contributed by atoms with Crippen LogP contribution in [0.4, 0.5) is 0 Å². The summed E-state index contributed by atoms with van der Waals surface area (Å²) in [5, 5.41) is 0. The van der Waals surface area contributed by atoms with E-state index >= 15 is 0 Å². The monoisotopic (exact) mass is 126 g/mol. The molecule has 0 rings (SSSR count). The Morgan fingerprint density at radius 1 is 1.56 bits per heavy atom. The third-order valence-corrected chi connectivity index (χ3v) is 1.33. The Labute approximate surface area is 56.8 Å². The first kappa shape index (κ1) is 8.41. The number of carbonyl (C=O) groups excluding carboxylic acids is 1. The fourth-order valence-corrected chi connectivity index (χ4v) is 0.566. The fourth-order valence-electron chi connectivity index (χ4n) is 0.566. The molecule has 0 aliphatic rings. The molecule has 52 valence electrons. The van der Waals surface area contributed by atoms with Crippen molar-refractivity contribution in [3.63, 3.8) is 0 Å². The zero-order chi connectivity index (χ0) is 7.28. The normalized spacial score (nSPS) is 9.11. The molecule has 0 aromatic carbocycles. The highest BCUT2D eigenvalue weighted by Gasteiger charge is 1.97. The zero-order valence-electron chi connectivity index (χ0n) is 6.24. The third kappa shape index (κ3) is 3.95. The van der Waals surface area contributed by atoms with E-state index in [0.717, 1.165) is 24.8 Å². The maximum absolute atomic E-state index is 10.6. The highest BCUT2D eigenvalue weighted by molar-refractivity contribution is 5.92. The fraction of sp³-hybridized carbons (Fsp3) is 0.625. The van der Waals surface area contributed by atoms with Crippen LogP contribution < -0.4 is 0 Å². The molecule has 1 heteroatoms. The van der Waals surface area contributed by atoms with Crippen molar-refractivity contribution in [2.45, 2.75) is 33.1 Å². The van der Waals surface area contributed by atoms with Crippen molar-refractivity contribution in [3.05, 3.63) is 12.2 Å². The van der Waals surface area contributed by atoms with Gasteiger partial charge in [0, 0.05) is 0 Å². The number of hydrogen-bond donors (Lipinski definition) is 0.